The minimum atomic E-state index is 0.230. The Bertz CT molecular complexity index is 153. The summed E-state index contributed by atoms with van der Waals surface area (Å²) in [4.78, 5) is 2.24. The third-order valence-corrected chi connectivity index (χ3v) is 2.09. The average Bonchev–Trinajstić information content (AvgIpc) is 2.48. The van der Waals surface area contributed by atoms with Crippen LogP contribution in [0, 0.1) is 17.2 Å². The Morgan fingerprint density at radius 2 is 2.45 bits per heavy atom. The molecule has 1 fully saturated rings. The Balaban J connectivity index is 2.15. The minimum Gasteiger partial charge on any atom is -0.396 e. The van der Waals surface area contributed by atoms with Crippen molar-refractivity contribution < 1.29 is 5.11 Å². The maximum atomic E-state index is 8.58. The number of aliphatic hydroxyl groups is 1. The lowest BCUT2D eigenvalue weighted by Gasteiger charge is -2.12. The maximum Gasteiger partial charge on any atom is 0.0669 e. The van der Waals surface area contributed by atoms with E-state index in [9.17, 15) is 0 Å². The van der Waals surface area contributed by atoms with Gasteiger partial charge in [0.15, 0.2) is 0 Å². The van der Waals surface area contributed by atoms with E-state index < -0.39 is 0 Å². The van der Waals surface area contributed by atoms with Gasteiger partial charge in [0.1, 0.15) is 0 Å². The summed E-state index contributed by atoms with van der Waals surface area (Å²) >= 11 is 0. The Morgan fingerprint density at radius 1 is 1.64 bits per heavy atom. The Labute approximate surface area is 67.2 Å². The van der Waals surface area contributed by atoms with Gasteiger partial charge in [-0.05, 0) is 19.4 Å². The van der Waals surface area contributed by atoms with Gasteiger partial charge in [-0.15, -0.1) is 0 Å². The van der Waals surface area contributed by atoms with Crippen molar-refractivity contribution in [3.8, 4) is 6.07 Å². The van der Waals surface area contributed by atoms with E-state index in [-0.39, 0.29) is 12.5 Å². The van der Waals surface area contributed by atoms with Gasteiger partial charge in [-0.1, -0.05) is 0 Å². The molecular weight excluding hydrogens is 140 g/mol. The standard InChI is InChI=1S/C8H14N2O/c9-6-8-2-4-10(7-8)3-1-5-11/h8,11H,1-5,7H2. The molecule has 0 aliphatic carbocycles. The van der Waals surface area contributed by atoms with Crippen molar-refractivity contribution in [2.24, 2.45) is 5.92 Å². The molecule has 1 rings (SSSR count). The molecule has 0 bridgehead atoms. The van der Waals surface area contributed by atoms with Crippen LogP contribution in [0.3, 0.4) is 0 Å². The van der Waals surface area contributed by atoms with Gasteiger partial charge in [0, 0.05) is 19.7 Å². The van der Waals surface area contributed by atoms with Crippen LogP contribution < -0.4 is 0 Å². The molecule has 0 radical (unpaired) electrons. The van der Waals surface area contributed by atoms with E-state index >= 15 is 0 Å². The summed E-state index contributed by atoms with van der Waals surface area (Å²) in [5, 5.41) is 17.1. The predicted molar refractivity (Wildman–Crippen MR) is 41.9 cm³/mol. The van der Waals surface area contributed by atoms with Crippen molar-refractivity contribution in [1.29, 1.82) is 5.26 Å². The monoisotopic (exact) mass is 154 g/mol. The van der Waals surface area contributed by atoms with E-state index in [0.717, 1.165) is 32.5 Å². The topological polar surface area (TPSA) is 47.3 Å². The lowest BCUT2D eigenvalue weighted by atomic mass is 10.1. The summed E-state index contributed by atoms with van der Waals surface area (Å²) in [5.41, 5.74) is 0. The third-order valence-electron chi connectivity index (χ3n) is 2.09. The minimum absolute atomic E-state index is 0.230. The zero-order valence-corrected chi connectivity index (χ0v) is 6.66. The van der Waals surface area contributed by atoms with Crippen LogP contribution in [0.15, 0.2) is 0 Å². The van der Waals surface area contributed by atoms with Gasteiger partial charge in [-0.2, -0.15) is 5.26 Å². The fraction of sp³-hybridized carbons (Fsp3) is 0.875. The lowest BCUT2D eigenvalue weighted by Crippen LogP contribution is -2.22. The van der Waals surface area contributed by atoms with Gasteiger partial charge in [0.25, 0.3) is 0 Å². The van der Waals surface area contributed by atoms with E-state index in [1.54, 1.807) is 0 Å². The van der Waals surface area contributed by atoms with Gasteiger partial charge in [0.05, 0.1) is 12.0 Å². The summed E-state index contributed by atoms with van der Waals surface area (Å²) in [6.07, 6.45) is 1.83. The van der Waals surface area contributed by atoms with E-state index in [1.165, 1.54) is 0 Å². The highest BCUT2D eigenvalue weighted by atomic mass is 16.3. The molecule has 1 N–H and O–H groups in total. The molecule has 0 aromatic rings. The van der Waals surface area contributed by atoms with Crippen LogP contribution in [0.1, 0.15) is 12.8 Å². The molecule has 11 heavy (non-hydrogen) atoms. The average molecular weight is 154 g/mol. The number of nitrogens with zero attached hydrogens (tertiary/aromatic N) is 2. The number of rotatable bonds is 3. The molecule has 3 heteroatoms. The molecular formula is C8H14N2O. The zero-order chi connectivity index (χ0) is 8.10. The molecule has 3 nitrogen and oxygen atoms in total. The highest BCUT2D eigenvalue weighted by Gasteiger charge is 2.20. The Kier molecular flexibility index (Phi) is 3.34. The summed E-state index contributed by atoms with van der Waals surface area (Å²) < 4.78 is 0. The van der Waals surface area contributed by atoms with Crippen LogP contribution in [-0.4, -0.2) is 36.2 Å². The predicted octanol–water partition coefficient (Wildman–Crippen LogP) is 0.214. The SMILES string of the molecule is N#CC1CCN(CCCO)C1. The highest BCUT2D eigenvalue weighted by molar-refractivity contribution is 4.90. The third kappa shape index (κ3) is 2.49. The summed E-state index contributed by atoms with van der Waals surface area (Å²) in [6.45, 7) is 3.12. The first kappa shape index (κ1) is 8.51. The van der Waals surface area contributed by atoms with Gasteiger partial charge < -0.3 is 10.0 Å². The zero-order valence-electron chi connectivity index (χ0n) is 6.66. The van der Waals surface area contributed by atoms with Crippen molar-refractivity contribution >= 4 is 0 Å². The number of hydrogen-bond acceptors (Lipinski definition) is 3. The molecule has 0 aromatic carbocycles. The van der Waals surface area contributed by atoms with Crippen LogP contribution in [-0.2, 0) is 0 Å². The van der Waals surface area contributed by atoms with Crippen molar-refractivity contribution in [3.63, 3.8) is 0 Å². The number of aliphatic hydroxyl groups excluding tert-OH is 1. The summed E-state index contributed by atoms with van der Waals surface area (Å²) in [6, 6.07) is 2.27. The smallest absolute Gasteiger partial charge is 0.0669 e. The maximum absolute atomic E-state index is 8.58. The fourth-order valence-corrected chi connectivity index (χ4v) is 1.44. The van der Waals surface area contributed by atoms with Crippen molar-refractivity contribution in [2.45, 2.75) is 12.8 Å². The van der Waals surface area contributed by atoms with Crippen LogP contribution in [0.2, 0.25) is 0 Å². The van der Waals surface area contributed by atoms with Gasteiger partial charge >= 0.3 is 0 Å². The van der Waals surface area contributed by atoms with Crippen molar-refractivity contribution in [1.82, 2.24) is 4.90 Å². The highest BCUT2D eigenvalue weighted by Crippen LogP contribution is 2.14. The lowest BCUT2D eigenvalue weighted by molar-refractivity contribution is 0.246. The first-order valence-electron chi connectivity index (χ1n) is 4.09. The van der Waals surface area contributed by atoms with Gasteiger partial charge in [0.2, 0.25) is 0 Å². The second kappa shape index (κ2) is 4.32. The van der Waals surface area contributed by atoms with Gasteiger partial charge in [-0.3, -0.25) is 0 Å². The molecule has 0 saturated carbocycles. The van der Waals surface area contributed by atoms with Crippen molar-refractivity contribution in [2.75, 3.05) is 26.2 Å². The van der Waals surface area contributed by atoms with E-state index in [1.807, 2.05) is 0 Å². The first-order valence-corrected chi connectivity index (χ1v) is 4.09. The van der Waals surface area contributed by atoms with Crippen LogP contribution >= 0.6 is 0 Å². The number of likely N-dealkylation sites (tertiary alicyclic amines) is 1. The molecule has 1 unspecified atom stereocenters. The molecule has 1 atom stereocenters. The molecule has 62 valence electrons. The van der Waals surface area contributed by atoms with Crippen molar-refractivity contribution in [3.05, 3.63) is 0 Å². The second-order valence-corrected chi connectivity index (χ2v) is 2.99. The second-order valence-electron chi connectivity index (χ2n) is 2.99. The first-order chi connectivity index (χ1) is 5.36. The van der Waals surface area contributed by atoms with Crippen LogP contribution in [0.5, 0.6) is 0 Å². The molecule has 1 aliphatic heterocycles. The molecule has 1 aliphatic rings. The number of hydrogen-bond donors (Lipinski definition) is 1. The number of nitriles is 1. The fourth-order valence-electron chi connectivity index (χ4n) is 1.44. The summed E-state index contributed by atoms with van der Waals surface area (Å²) in [7, 11) is 0. The molecule has 1 heterocycles. The molecule has 1 saturated heterocycles. The Hall–Kier alpha value is -0.590. The van der Waals surface area contributed by atoms with E-state index in [4.69, 9.17) is 10.4 Å². The molecule has 0 amide bonds. The van der Waals surface area contributed by atoms with Crippen LogP contribution in [0.4, 0.5) is 0 Å². The molecule has 0 spiro atoms. The van der Waals surface area contributed by atoms with E-state index in [2.05, 4.69) is 11.0 Å². The quantitative estimate of drug-likeness (QED) is 0.632. The largest absolute Gasteiger partial charge is 0.396 e. The molecule has 0 aromatic heterocycles. The van der Waals surface area contributed by atoms with Gasteiger partial charge in [-0.25, -0.2) is 0 Å². The normalized spacial score (nSPS) is 25.3. The summed E-state index contributed by atoms with van der Waals surface area (Å²) in [5.74, 6) is 0.230. The van der Waals surface area contributed by atoms with E-state index in [0.29, 0.717) is 0 Å². The van der Waals surface area contributed by atoms with Crippen LogP contribution in [0.25, 0.3) is 0 Å². The Morgan fingerprint density at radius 3 is 3.00 bits per heavy atom.